The van der Waals surface area contributed by atoms with E-state index in [1.807, 2.05) is 0 Å². The van der Waals surface area contributed by atoms with Gasteiger partial charge in [-0.2, -0.15) is 0 Å². The quantitative estimate of drug-likeness (QED) is 0.820. The van der Waals surface area contributed by atoms with Gasteiger partial charge < -0.3 is 15.4 Å². The van der Waals surface area contributed by atoms with Crippen LogP contribution in [-0.2, 0) is 4.74 Å². The van der Waals surface area contributed by atoms with Gasteiger partial charge in [-0.3, -0.25) is 0 Å². The van der Waals surface area contributed by atoms with Crippen LogP contribution in [-0.4, -0.2) is 30.8 Å². The van der Waals surface area contributed by atoms with Crippen LogP contribution in [0.15, 0.2) is 0 Å². The average molecular weight is 320 g/mol. The lowest BCUT2D eigenvalue weighted by atomic mass is 9.57. The van der Waals surface area contributed by atoms with Crippen LogP contribution in [0.25, 0.3) is 0 Å². The number of amides is 2. The standard InChI is InChI=1S/C19H32N2O2/c1-17(2)14(12-7-9-23-15(12)17)21-16(22)20-13-10-11-6-8-19(13,5)18(11,3)4/h11-15H,6-10H2,1-5H3,(H2,20,21,22)/t11-,12-,13-,14-,15+,19-/m1/s1. The number of nitrogens with one attached hydrogen (secondary N) is 2. The molecule has 0 aromatic heterocycles. The zero-order valence-corrected chi connectivity index (χ0v) is 15.2. The van der Waals surface area contributed by atoms with Gasteiger partial charge in [0.2, 0.25) is 0 Å². The highest BCUT2D eigenvalue weighted by molar-refractivity contribution is 5.75. The van der Waals surface area contributed by atoms with Gasteiger partial charge in [0.1, 0.15) is 0 Å². The topological polar surface area (TPSA) is 50.4 Å². The van der Waals surface area contributed by atoms with Crippen molar-refractivity contribution in [2.45, 2.75) is 78.5 Å². The Bertz CT molecular complexity index is 529. The number of ether oxygens (including phenoxy) is 1. The number of urea groups is 1. The Morgan fingerprint density at radius 3 is 2.43 bits per heavy atom. The molecule has 2 bridgehead atoms. The molecule has 3 aliphatic carbocycles. The predicted octanol–water partition coefficient (Wildman–Crippen LogP) is 3.31. The van der Waals surface area contributed by atoms with Gasteiger partial charge >= 0.3 is 6.03 Å². The fraction of sp³-hybridized carbons (Fsp3) is 0.947. The second-order valence-electron chi connectivity index (χ2n) is 9.82. The number of hydrogen-bond acceptors (Lipinski definition) is 2. The van der Waals surface area contributed by atoms with Crippen molar-refractivity contribution in [3.05, 3.63) is 0 Å². The monoisotopic (exact) mass is 320 g/mol. The predicted molar refractivity (Wildman–Crippen MR) is 90.1 cm³/mol. The van der Waals surface area contributed by atoms with Gasteiger partial charge in [-0.15, -0.1) is 0 Å². The second-order valence-corrected chi connectivity index (χ2v) is 9.82. The molecule has 0 radical (unpaired) electrons. The van der Waals surface area contributed by atoms with Crippen LogP contribution in [0.1, 0.15) is 60.3 Å². The van der Waals surface area contributed by atoms with Crippen molar-refractivity contribution in [2.24, 2.45) is 28.1 Å². The van der Waals surface area contributed by atoms with Crippen LogP contribution in [0.4, 0.5) is 4.79 Å². The Morgan fingerprint density at radius 1 is 1.09 bits per heavy atom. The Kier molecular flexibility index (Phi) is 3.18. The molecule has 4 aliphatic rings. The molecule has 1 heterocycles. The first-order valence-electron chi connectivity index (χ1n) is 9.36. The van der Waals surface area contributed by atoms with E-state index in [4.69, 9.17) is 4.74 Å². The van der Waals surface area contributed by atoms with Gasteiger partial charge in [0.05, 0.1) is 6.10 Å². The molecule has 0 aromatic carbocycles. The first-order chi connectivity index (χ1) is 10.7. The van der Waals surface area contributed by atoms with Crippen molar-refractivity contribution >= 4 is 6.03 Å². The summed E-state index contributed by atoms with van der Waals surface area (Å²) in [6, 6.07) is 0.590. The molecule has 0 aromatic rings. The van der Waals surface area contributed by atoms with Crippen molar-refractivity contribution in [1.82, 2.24) is 10.6 Å². The summed E-state index contributed by atoms with van der Waals surface area (Å²) in [6.45, 7) is 12.4. The van der Waals surface area contributed by atoms with E-state index in [9.17, 15) is 4.79 Å². The lowest BCUT2D eigenvalue weighted by Crippen LogP contribution is -2.68. The second kappa shape index (κ2) is 4.65. The summed E-state index contributed by atoms with van der Waals surface area (Å²) in [5.74, 6) is 1.26. The maximum absolute atomic E-state index is 12.6. The summed E-state index contributed by atoms with van der Waals surface area (Å²) in [7, 11) is 0. The minimum atomic E-state index is 0.0306. The van der Waals surface area contributed by atoms with E-state index in [0.717, 1.165) is 25.4 Å². The average Bonchev–Trinajstić information content (AvgIpc) is 3.06. The number of carbonyl (C=O) groups excluding carboxylic acids is 1. The van der Waals surface area contributed by atoms with Crippen molar-refractivity contribution in [3.8, 4) is 0 Å². The van der Waals surface area contributed by atoms with E-state index < -0.39 is 0 Å². The summed E-state index contributed by atoms with van der Waals surface area (Å²) in [6.07, 6.45) is 5.10. The lowest BCUT2D eigenvalue weighted by molar-refractivity contribution is -0.108. The molecule has 3 saturated carbocycles. The van der Waals surface area contributed by atoms with Gasteiger partial charge in [-0.05, 0) is 42.4 Å². The van der Waals surface area contributed by atoms with Crippen LogP contribution in [0, 0.1) is 28.1 Å². The van der Waals surface area contributed by atoms with Gasteiger partial charge in [0.25, 0.3) is 0 Å². The molecule has 1 aliphatic heterocycles. The molecule has 2 N–H and O–H groups in total. The Morgan fingerprint density at radius 2 is 1.83 bits per heavy atom. The molecular weight excluding hydrogens is 288 g/mol. The van der Waals surface area contributed by atoms with Gasteiger partial charge in [0.15, 0.2) is 0 Å². The number of hydrogen-bond donors (Lipinski definition) is 2. The summed E-state index contributed by atoms with van der Waals surface area (Å²) in [4.78, 5) is 12.6. The van der Waals surface area contributed by atoms with Crippen LogP contribution in [0.2, 0.25) is 0 Å². The van der Waals surface area contributed by atoms with Crippen molar-refractivity contribution in [1.29, 1.82) is 0 Å². The van der Waals surface area contributed by atoms with Crippen molar-refractivity contribution < 1.29 is 9.53 Å². The van der Waals surface area contributed by atoms with E-state index in [1.165, 1.54) is 12.8 Å². The molecular formula is C19H32N2O2. The summed E-state index contributed by atoms with van der Waals surface area (Å²) in [5, 5.41) is 6.61. The number of fused-ring (bicyclic) bond motifs is 3. The van der Waals surface area contributed by atoms with Crippen molar-refractivity contribution in [2.75, 3.05) is 6.61 Å². The third kappa shape index (κ3) is 1.90. The number of carbonyl (C=O) groups is 1. The minimum absolute atomic E-state index is 0.0306. The van der Waals surface area contributed by atoms with Crippen LogP contribution < -0.4 is 10.6 Å². The summed E-state index contributed by atoms with van der Waals surface area (Å²) < 4.78 is 5.82. The maximum atomic E-state index is 12.6. The fourth-order valence-corrected chi connectivity index (χ4v) is 6.38. The summed E-state index contributed by atoms with van der Waals surface area (Å²) >= 11 is 0. The zero-order chi connectivity index (χ0) is 16.6. The third-order valence-corrected chi connectivity index (χ3v) is 8.49. The highest BCUT2D eigenvalue weighted by Crippen LogP contribution is 2.65. The molecule has 6 atom stereocenters. The number of rotatable bonds is 2. The first-order valence-corrected chi connectivity index (χ1v) is 9.36. The van der Waals surface area contributed by atoms with Crippen LogP contribution >= 0.6 is 0 Å². The van der Waals surface area contributed by atoms with E-state index in [0.29, 0.717) is 23.5 Å². The molecule has 4 nitrogen and oxygen atoms in total. The van der Waals surface area contributed by atoms with E-state index in [-0.39, 0.29) is 22.9 Å². The summed E-state index contributed by atoms with van der Waals surface area (Å²) in [5.41, 5.74) is 0.630. The SMILES string of the molecule is CC1(C)[C@H](NC(=O)N[C@@H]2C[C@H]3CC[C@@]2(C)C3(C)C)[C@H]2CCO[C@@H]21. The minimum Gasteiger partial charge on any atom is -0.377 e. The largest absolute Gasteiger partial charge is 0.377 e. The lowest BCUT2D eigenvalue weighted by Gasteiger charge is -2.54. The van der Waals surface area contributed by atoms with Crippen LogP contribution in [0.3, 0.4) is 0 Å². The molecule has 0 unspecified atom stereocenters. The smallest absolute Gasteiger partial charge is 0.315 e. The third-order valence-electron chi connectivity index (χ3n) is 8.49. The molecule has 4 fully saturated rings. The first kappa shape index (κ1) is 15.7. The van der Waals surface area contributed by atoms with Gasteiger partial charge in [-0.1, -0.05) is 34.6 Å². The van der Waals surface area contributed by atoms with Gasteiger partial charge in [0, 0.05) is 30.0 Å². The maximum Gasteiger partial charge on any atom is 0.315 e. The van der Waals surface area contributed by atoms with E-state index >= 15 is 0 Å². The van der Waals surface area contributed by atoms with Gasteiger partial charge in [-0.25, -0.2) is 4.79 Å². The fourth-order valence-electron chi connectivity index (χ4n) is 6.38. The highest BCUT2D eigenvalue weighted by atomic mass is 16.5. The van der Waals surface area contributed by atoms with E-state index in [2.05, 4.69) is 45.3 Å². The van der Waals surface area contributed by atoms with E-state index in [1.54, 1.807) is 0 Å². The molecule has 4 rings (SSSR count). The molecule has 1 saturated heterocycles. The normalized spacial score (nSPS) is 48.7. The molecule has 2 amide bonds. The molecule has 0 spiro atoms. The zero-order valence-electron chi connectivity index (χ0n) is 15.2. The molecule has 4 heteroatoms. The highest BCUT2D eigenvalue weighted by Gasteiger charge is 2.62. The molecule has 23 heavy (non-hydrogen) atoms. The van der Waals surface area contributed by atoms with Crippen LogP contribution in [0.5, 0.6) is 0 Å². The Hall–Kier alpha value is -0.770. The van der Waals surface area contributed by atoms with Crippen molar-refractivity contribution in [3.63, 3.8) is 0 Å². The Balaban J connectivity index is 1.40. The molecule has 130 valence electrons. The Labute approximate surface area is 140 Å².